The molecule has 2 aliphatic heterocycles. The predicted octanol–water partition coefficient (Wildman–Crippen LogP) is 2.43. The van der Waals surface area contributed by atoms with E-state index >= 15 is 0 Å². The molecule has 170 valence electrons. The fraction of sp³-hybridized carbons (Fsp3) is 0.773. The van der Waals surface area contributed by atoms with Crippen LogP contribution in [-0.2, 0) is 14.2 Å². The third kappa shape index (κ3) is 7.81. The summed E-state index contributed by atoms with van der Waals surface area (Å²) < 4.78 is 16.7. The van der Waals surface area contributed by atoms with Crippen LogP contribution in [0.4, 0.5) is 0 Å². The van der Waals surface area contributed by atoms with Gasteiger partial charge in [-0.3, -0.25) is 9.89 Å². The molecule has 2 N–H and O–H groups in total. The minimum Gasteiger partial charge on any atom is -0.381 e. The third-order valence-corrected chi connectivity index (χ3v) is 6.58. The number of ether oxygens (including phenoxy) is 3. The Hall–Kier alpha value is -1.19. The average molecular weight is 439 g/mol. The van der Waals surface area contributed by atoms with Gasteiger partial charge in [0.25, 0.3) is 0 Å². The molecule has 0 aliphatic carbocycles. The molecule has 7 nitrogen and oxygen atoms in total. The fourth-order valence-electron chi connectivity index (χ4n) is 3.77. The summed E-state index contributed by atoms with van der Waals surface area (Å²) >= 11 is 1.87. The molecule has 0 bridgehead atoms. The average Bonchev–Trinajstić information content (AvgIpc) is 3.43. The van der Waals surface area contributed by atoms with Crippen LogP contribution in [0.3, 0.4) is 0 Å². The Bertz CT molecular complexity index is 628. The Morgan fingerprint density at radius 1 is 1.27 bits per heavy atom. The van der Waals surface area contributed by atoms with Gasteiger partial charge in [-0.15, -0.1) is 11.3 Å². The van der Waals surface area contributed by atoms with Crippen molar-refractivity contribution in [2.75, 3.05) is 72.4 Å². The molecule has 2 aliphatic rings. The second kappa shape index (κ2) is 13.3. The molecule has 2 saturated heterocycles. The number of rotatable bonds is 11. The highest BCUT2D eigenvalue weighted by molar-refractivity contribution is 7.12. The summed E-state index contributed by atoms with van der Waals surface area (Å²) in [4.78, 5) is 10.2. The highest BCUT2D eigenvalue weighted by Crippen LogP contribution is 2.28. The van der Waals surface area contributed by atoms with Crippen LogP contribution < -0.4 is 10.6 Å². The maximum atomic E-state index is 5.80. The van der Waals surface area contributed by atoms with Gasteiger partial charge in [0, 0.05) is 55.1 Å². The lowest BCUT2D eigenvalue weighted by Crippen LogP contribution is -2.41. The van der Waals surface area contributed by atoms with E-state index in [0.29, 0.717) is 12.0 Å². The van der Waals surface area contributed by atoms with Crippen LogP contribution in [0.25, 0.3) is 0 Å². The Kier molecular flexibility index (Phi) is 10.4. The summed E-state index contributed by atoms with van der Waals surface area (Å²) in [6.45, 7) is 13.6. The number of nitrogens with one attached hydrogen (secondary N) is 2. The van der Waals surface area contributed by atoms with Gasteiger partial charge in [0.1, 0.15) is 0 Å². The zero-order valence-corrected chi connectivity index (χ0v) is 19.3. The minimum absolute atomic E-state index is 0.306. The molecule has 1 aromatic rings. The molecular formula is C22H38N4O3S. The fourth-order valence-corrected chi connectivity index (χ4v) is 4.78. The number of nitrogens with zero attached hydrogens (tertiary/aromatic N) is 2. The molecule has 0 saturated carbocycles. The molecule has 3 rings (SSSR count). The molecule has 3 heterocycles. The van der Waals surface area contributed by atoms with E-state index in [-0.39, 0.29) is 0 Å². The summed E-state index contributed by atoms with van der Waals surface area (Å²) in [7, 11) is 0. The Morgan fingerprint density at radius 3 is 2.83 bits per heavy atom. The van der Waals surface area contributed by atoms with Gasteiger partial charge in [-0.25, -0.2) is 0 Å². The molecule has 0 aromatic carbocycles. The molecule has 0 radical (unpaired) electrons. The van der Waals surface area contributed by atoms with Crippen molar-refractivity contribution in [2.45, 2.75) is 32.7 Å². The molecule has 1 aromatic heterocycles. The Labute approximate surface area is 185 Å². The summed E-state index contributed by atoms with van der Waals surface area (Å²) in [5, 5.41) is 6.83. The van der Waals surface area contributed by atoms with Gasteiger partial charge in [-0.1, -0.05) is 0 Å². The van der Waals surface area contributed by atoms with E-state index in [1.807, 2.05) is 11.3 Å². The van der Waals surface area contributed by atoms with Gasteiger partial charge in [0.05, 0.1) is 39.0 Å². The normalized spacial score (nSPS) is 21.7. The van der Waals surface area contributed by atoms with Crippen molar-refractivity contribution in [3.63, 3.8) is 0 Å². The van der Waals surface area contributed by atoms with Gasteiger partial charge in [0.2, 0.25) is 0 Å². The van der Waals surface area contributed by atoms with E-state index in [0.717, 1.165) is 91.2 Å². The first kappa shape index (κ1) is 23.5. The molecule has 2 atom stereocenters. The minimum atomic E-state index is 0.306. The number of hydrogen-bond donors (Lipinski definition) is 2. The van der Waals surface area contributed by atoms with Crippen molar-refractivity contribution in [3.05, 3.63) is 21.9 Å². The van der Waals surface area contributed by atoms with Crippen LogP contribution >= 0.6 is 11.3 Å². The van der Waals surface area contributed by atoms with Gasteiger partial charge < -0.3 is 24.8 Å². The van der Waals surface area contributed by atoms with Gasteiger partial charge in [-0.05, 0) is 38.8 Å². The number of morpholine rings is 1. The molecule has 30 heavy (non-hydrogen) atoms. The smallest absolute Gasteiger partial charge is 0.191 e. The maximum absolute atomic E-state index is 5.80. The highest BCUT2D eigenvalue weighted by atomic mass is 32.1. The largest absolute Gasteiger partial charge is 0.381 e. The van der Waals surface area contributed by atoms with E-state index in [1.54, 1.807) is 0 Å². The third-order valence-electron chi connectivity index (χ3n) is 5.48. The van der Waals surface area contributed by atoms with Crippen molar-refractivity contribution < 1.29 is 14.2 Å². The lowest BCUT2D eigenvalue weighted by Gasteiger charge is -2.33. The second-order valence-corrected chi connectivity index (χ2v) is 9.24. The van der Waals surface area contributed by atoms with Crippen LogP contribution in [0.5, 0.6) is 0 Å². The van der Waals surface area contributed by atoms with Crippen molar-refractivity contribution >= 4 is 17.3 Å². The van der Waals surface area contributed by atoms with Crippen molar-refractivity contribution in [1.29, 1.82) is 0 Å². The van der Waals surface area contributed by atoms with Gasteiger partial charge >= 0.3 is 0 Å². The van der Waals surface area contributed by atoms with Crippen molar-refractivity contribution in [3.8, 4) is 0 Å². The SMILES string of the molecule is CCNC(=NCC(c1ccc(C)s1)N1CCOCC1)NCCCOCC1CCOC1. The highest BCUT2D eigenvalue weighted by Gasteiger charge is 2.23. The maximum Gasteiger partial charge on any atom is 0.191 e. The molecule has 2 fully saturated rings. The van der Waals surface area contributed by atoms with E-state index in [1.165, 1.54) is 9.75 Å². The molecule has 0 amide bonds. The molecule has 8 heteroatoms. The van der Waals surface area contributed by atoms with Crippen LogP contribution in [-0.4, -0.2) is 83.2 Å². The van der Waals surface area contributed by atoms with Crippen LogP contribution in [0.15, 0.2) is 17.1 Å². The van der Waals surface area contributed by atoms with Crippen LogP contribution in [0.1, 0.15) is 35.6 Å². The first-order valence-corrected chi connectivity index (χ1v) is 12.1. The van der Waals surface area contributed by atoms with Gasteiger partial charge in [-0.2, -0.15) is 0 Å². The second-order valence-electron chi connectivity index (χ2n) is 7.92. The Morgan fingerprint density at radius 2 is 2.13 bits per heavy atom. The Balaban J connectivity index is 1.46. The van der Waals surface area contributed by atoms with Crippen LogP contribution in [0, 0.1) is 12.8 Å². The number of aliphatic imine (C=N–C) groups is 1. The van der Waals surface area contributed by atoms with Crippen molar-refractivity contribution in [2.24, 2.45) is 10.9 Å². The van der Waals surface area contributed by atoms with Crippen LogP contribution in [0.2, 0.25) is 0 Å². The monoisotopic (exact) mass is 438 g/mol. The summed E-state index contributed by atoms with van der Waals surface area (Å²) in [6, 6.07) is 4.76. The number of thiophene rings is 1. The quantitative estimate of drug-likeness (QED) is 0.314. The van der Waals surface area contributed by atoms with E-state index in [9.17, 15) is 0 Å². The van der Waals surface area contributed by atoms with Gasteiger partial charge in [0.15, 0.2) is 5.96 Å². The number of hydrogen-bond acceptors (Lipinski definition) is 6. The number of aryl methyl sites for hydroxylation is 1. The first-order chi connectivity index (χ1) is 14.8. The first-order valence-electron chi connectivity index (χ1n) is 11.3. The lowest BCUT2D eigenvalue weighted by molar-refractivity contribution is 0.0186. The van der Waals surface area contributed by atoms with E-state index < -0.39 is 0 Å². The molecule has 2 unspecified atom stereocenters. The zero-order valence-electron chi connectivity index (χ0n) is 18.5. The standard InChI is InChI=1S/C22H38N4O3S/c1-3-23-22(24-8-4-11-28-16-19-7-12-29-17-19)25-15-20(21-6-5-18(2)30-21)26-9-13-27-14-10-26/h5-6,19-20H,3-4,7-17H2,1-2H3,(H2,23,24,25). The summed E-state index contributed by atoms with van der Waals surface area (Å²) in [6.07, 6.45) is 2.10. The van der Waals surface area contributed by atoms with Crippen molar-refractivity contribution in [1.82, 2.24) is 15.5 Å². The molecular weight excluding hydrogens is 400 g/mol. The molecule has 0 spiro atoms. The predicted molar refractivity (Wildman–Crippen MR) is 123 cm³/mol. The summed E-state index contributed by atoms with van der Waals surface area (Å²) in [5.41, 5.74) is 0. The topological polar surface area (TPSA) is 67.4 Å². The lowest BCUT2D eigenvalue weighted by atomic mass is 10.1. The van der Waals surface area contributed by atoms with E-state index in [4.69, 9.17) is 19.2 Å². The van der Waals surface area contributed by atoms with E-state index in [2.05, 4.69) is 41.5 Å². The number of guanidine groups is 1. The summed E-state index contributed by atoms with van der Waals surface area (Å²) in [5.74, 6) is 1.46. The zero-order chi connectivity index (χ0) is 21.0.